The van der Waals surface area contributed by atoms with Crippen LogP contribution in [0.4, 0.5) is 5.82 Å². The lowest BCUT2D eigenvalue weighted by Gasteiger charge is -2.35. The van der Waals surface area contributed by atoms with Gasteiger partial charge < -0.3 is 19.6 Å². The number of nitrogens with zero attached hydrogens (tertiary/aromatic N) is 3. The number of hydrogen-bond acceptors (Lipinski definition) is 5. The van der Waals surface area contributed by atoms with Gasteiger partial charge >= 0.3 is 0 Å². The predicted molar refractivity (Wildman–Crippen MR) is 122 cm³/mol. The van der Waals surface area contributed by atoms with E-state index in [9.17, 15) is 5.11 Å². The smallest absolute Gasteiger partial charge is 0.136 e. The Balaban J connectivity index is 1.69. The average Bonchev–Trinajstić information content (AvgIpc) is 2.81. The number of rotatable bonds is 8. The molecule has 2 heterocycles. The summed E-state index contributed by atoms with van der Waals surface area (Å²) < 4.78 is 6.07. The van der Waals surface area contributed by atoms with Gasteiger partial charge in [0.05, 0.1) is 18.9 Å². The molecule has 5 heteroatoms. The molecule has 1 unspecified atom stereocenters. The molecule has 5 nitrogen and oxygen atoms in total. The van der Waals surface area contributed by atoms with Crippen LogP contribution in [0.1, 0.15) is 24.3 Å². The minimum Gasteiger partial charge on any atom is -0.394 e. The highest BCUT2D eigenvalue weighted by atomic mass is 16.5. The maximum atomic E-state index is 9.35. The van der Waals surface area contributed by atoms with Crippen molar-refractivity contribution >= 4 is 16.6 Å². The third-order valence-electron chi connectivity index (χ3n) is 5.86. The van der Waals surface area contributed by atoms with Gasteiger partial charge in [0.15, 0.2) is 0 Å². The molecule has 30 heavy (non-hydrogen) atoms. The zero-order valence-electron chi connectivity index (χ0n) is 17.7. The topological polar surface area (TPSA) is 48.8 Å². The van der Waals surface area contributed by atoms with Gasteiger partial charge in [0.1, 0.15) is 11.9 Å². The van der Waals surface area contributed by atoms with Crippen LogP contribution in [0.25, 0.3) is 10.8 Å². The Bertz CT molecular complexity index is 940. The van der Waals surface area contributed by atoms with Crippen LogP contribution in [0.2, 0.25) is 0 Å². The van der Waals surface area contributed by atoms with Crippen molar-refractivity contribution in [3.8, 4) is 0 Å². The van der Waals surface area contributed by atoms with Crippen LogP contribution in [0.5, 0.6) is 0 Å². The van der Waals surface area contributed by atoms with E-state index in [0.29, 0.717) is 6.61 Å². The Morgan fingerprint density at radius 1 is 1.00 bits per heavy atom. The first-order chi connectivity index (χ1) is 14.8. The van der Waals surface area contributed by atoms with Crippen molar-refractivity contribution < 1.29 is 9.84 Å². The largest absolute Gasteiger partial charge is 0.394 e. The fourth-order valence-corrected chi connectivity index (χ4v) is 4.15. The summed E-state index contributed by atoms with van der Waals surface area (Å²) in [5.41, 5.74) is 2.13. The zero-order valence-corrected chi connectivity index (χ0v) is 17.7. The molecule has 1 atom stereocenters. The highest BCUT2D eigenvalue weighted by Gasteiger charge is 2.22. The number of piperazine rings is 1. The Kier molecular flexibility index (Phi) is 6.95. The molecule has 1 fully saturated rings. The van der Waals surface area contributed by atoms with Gasteiger partial charge in [0, 0.05) is 38.0 Å². The van der Waals surface area contributed by atoms with Crippen molar-refractivity contribution in [1.82, 2.24) is 9.88 Å². The minimum atomic E-state index is -0.195. The normalized spacial score (nSPS) is 16.1. The maximum Gasteiger partial charge on any atom is 0.136 e. The van der Waals surface area contributed by atoms with Crippen LogP contribution in [0.15, 0.2) is 60.7 Å². The number of anilines is 1. The standard InChI is InChI=1S/C25H31N3O2/c1-2-27-12-14-28(15-13-27)25-22-11-7-6-10-21(22)19-23(26-25)24(30-17-16-29)18-20-8-4-3-5-9-20/h3-11,19,24,29H,2,12-18H2,1H3. The van der Waals surface area contributed by atoms with Gasteiger partial charge in [-0.3, -0.25) is 0 Å². The number of benzene rings is 2. The lowest BCUT2D eigenvalue weighted by Crippen LogP contribution is -2.46. The first kappa shape index (κ1) is 20.8. The molecular formula is C25H31N3O2. The van der Waals surface area contributed by atoms with Crippen LogP contribution >= 0.6 is 0 Å². The highest BCUT2D eigenvalue weighted by Crippen LogP contribution is 2.31. The Morgan fingerprint density at radius 3 is 2.47 bits per heavy atom. The second kappa shape index (κ2) is 10.0. The number of ether oxygens (including phenoxy) is 1. The molecule has 2 aromatic carbocycles. The van der Waals surface area contributed by atoms with Gasteiger partial charge in [-0.15, -0.1) is 0 Å². The number of hydrogen-bond donors (Lipinski definition) is 1. The monoisotopic (exact) mass is 405 g/mol. The van der Waals surface area contributed by atoms with E-state index in [4.69, 9.17) is 9.72 Å². The third-order valence-corrected chi connectivity index (χ3v) is 5.86. The van der Waals surface area contributed by atoms with Gasteiger partial charge in [0.2, 0.25) is 0 Å². The van der Waals surface area contributed by atoms with E-state index < -0.39 is 0 Å². The van der Waals surface area contributed by atoms with E-state index in [1.165, 1.54) is 16.3 Å². The molecule has 1 N–H and O–H groups in total. The first-order valence-corrected chi connectivity index (χ1v) is 10.9. The van der Waals surface area contributed by atoms with Gasteiger partial charge in [-0.05, 0) is 23.6 Å². The zero-order chi connectivity index (χ0) is 20.8. The molecule has 1 aliphatic rings. The Morgan fingerprint density at radius 2 is 1.73 bits per heavy atom. The van der Waals surface area contributed by atoms with Crippen molar-refractivity contribution in [3.05, 3.63) is 71.9 Å². The minimum absolute atomic E-state index is 0.00467. The average molecular weight is 406 g/mol. The van der Waals surface area contributed by atoms with Crippen LogP contribution < -0.4 is 4.90 Å². The number of likely N-dealkylation sites (N-methyl/N-ethyl adjacent to an activating group) is 1. The summed E-state index contributed by atoms with van der Waals surface area (Å²) in [7, 11) is 0. The Labute approximate surface area is 178 Å². The lowest BCUT2D eigenvalue weighted by atomic mass is 10.0. The van der Waals surface area contributed by atoms with Crippen molar-refractivity contribution in [2.45, 2.75) is 19.4 Å². The van der Waals surface area contributed by atoms with Crippen molar-refractivity contribution in [2.75, 3.05) is 50.8 Å². The number of pyridine rings is 1. The summed E-state index contributed by atoms with van der Waals surface area (Å²) in [5.74, 6) is 1.05. The molecule has 0 spiro atoms. The van der Waals surface area contributed by atoms with Crippen molar-refractivity contribution in [1.29, 1.82) is 0 Å². The predicted octanol–water partition coefficient (Wildman–Crippen LogP) is 3.67. The number of aliphatic hydroxyl groups excluding tert-OH is 1. The SMILES string of the molecule is CCN1CCN(c2nc(C(Cc3ccccc3)OCCO)cc3ccccc23)CC1. The van der Waals surface area contributed by atoms with Crippen LogP contribution in [0, 0.1) is 0 Å². The Hall–Kier alpha value is -2.47. The summed E-state index contributed by atoms with van der Waals surface area (Å²) >= 11 is 0. The fourth-order valence-electron chi connectivity index (χ4n) is 4.15. The number of fused-ring (bicyclic) bond motifs is 1. The molecule has 3 aromatic rings. The summed E-state index contributed by atoms with van der Waals surface area (Å²) in [4.78, 5) is 10.0. The molecular weight excluding hydrogens is 374 g/mol. The van der Waals surface area contributed by atoms with Gasteiger partial charge in [-0.1, -0.05) is 61.5 Å². The van der Waals surface area contributed by atoms with E-state index in [0.717, 1.165) is 50.7 Å². The molecule has 158 valence electrons. The molecule has 0 bridgehead atoms. The highest BCUT2D eigenvalue weighted by molar-refractivity contribution is 5.92. The quantitative estimate of drug-likeness (QED) is 0.620. The van der Waals surface area contributed by atoms with Gasteiger partial charge in [-0.25, -0.2) is 4.98 Å². The molecule has 0 saturated carbocycles. The molecule has 1 aliphatic heterocycles. The van der Waals surface area contributed by atoms with Crippen molar-refractivity contribution in [2.24, 2.45) is 0 Å². The summed E-state index contributed by atoms with van der Waals surface area (Å²) in [6.45, 7) is 7.70. The van der Waals surface area contributed by atoms with E-state index in [-0.39, 0.29) is 12.7 Å². The molecule has 0 radical (unpaired) electrons. The fraction of sp³-hybridized carbons (Fsp3) is 0.400. The first-order valence-electron chi connectivity index (χ1n) is 10.9. The third kappa shape index (κ3) is 4.81. The maximum absolute atomic E-state index is 9.35. The summed E-state index contributed by atoms with van der Waals surface area (Å²) in [5, 5.41) is 11.7. The molecule has 1 aromatic heterocycles. The number of aliphatic hydroxyl groups is 1. The summed E-state index contributed by atoms with van der Waals surface area (Å²) in [6.07, 6.45) is 0.537. The van der Waals surface area contributed by atoms with Gasteiger partial charge in [0.25, 0.3) is 0 Å². The second-order valence-corrected chi connectivity index (χ2v) is 7.79. The van der Waals surface area contributed by atoms with Crippen LogP contribution in [0.3, 0.4) is 0 Å². The van der Waals surface area contributed by atoms with E-state index in [1.807, 2.05) is 18.2 Å². The van der Waals surface area contributed by atoms with Gasteiger partial charge in [-0.2, -0.15) is 0 Å². The van der Waals surface area contributed by atoms with E-state index in [1.54, 1.807) is 0 Å². The van der Waals surface area contributed by atoms with Crippen LogP contribution in [-0.2, 0) is 11.2 Å². The molecule has 1 saturated heterocycles. The van der Waals surface area contributed by atoms with Crippen LogP contribution in [-0.4, -0.2) is 60.9 Å². The van der Waals surface area contributed by atoms with E-state index in [2.05, 4.69) is 59.2 Å². The molecule has 0 aliphatic carbocycles. The van der Waals surface area contributed by atoms with Crippen molar-refractivity contribution in [3.63, 3.8) is 0 Å². The number of aromatic nitrogens is 1. The lowest BCUT2D eigenvalue weighted by molar-refractivity contribution is 0.0258. The van der Waals surface area contributed by atoms with E-state index >= 15 is 0 Å². The summed E-state index contributed by atoms with van der Waals surface area (Å²) in [6, 6.07) is 21.0. The molecule has 4 rings (SSSR count). The molecule has 0 amide bonds. The second-order valence-electron chi connectivity index (χ2n) is 7.79.